The van der Waals surface area contributed by atoms with E-state index in [0.29, 0.717) is 5.69 Å². The van der Waals surface area contributed by atoms with Crippen molar-refractivity contribution in [1.29, 1.82) is 0 Å². The van der Waals surface area contributed by atoms with Gasteiger partial charge in [-0.3, -0.25) is 4.79 Å². The molecule has 0 aromatic carbocycles. The Morgan fingerprint density at radius 3 is 3.00 bits per heavy atom. The quantitative estimate of drug-likeness (QED) is 0.827. The van der Waals surface area contributed by atoms with Gasteiger partial charge in [0.15, 0.2) is 0 Å². The fourth-order valence-electron chi connectivity index (χ4n) is 2.30. The summed E-state index contributed by atoms with van der Waals surface area (Å²) in [5, 5.41) is 9.37. The first-order valence-electron chi connectivity index (χ1n) is 6.12. The van der Waals surface area contributed by atoms with Crippen molar-refractivity contribution in [2.24, 2.45) is 7.05 Å². The van der Waals surface area contributed by atoms with Gasteiger partial charge in [-0.15, -0.1) is 0 Å². The number of amides is 1. The number of aromatic nitrogens is 2. The summed E-state index contributed by atoms with van der Waals surface area (Å²) in [7, 11) is 1.84. The van der Waals surface area contributed by atoms with Gasteiger partial charge in [-0.2, -0.15) is 0 Å². The van der Waals surface area contributed by atoms with Gasteiger partial charge in [-0.1, -0.05) is 12.8 Å². The van der Waals surface area contributed by atoms with Gasteiger partial charge in [0, 0.05) is 19.8 Å². The van der Waals surface area contributed by atoms with E-state index in [1.165, 1.54) is 0 Å². The zero-order valence-corrected chi connectivity index (χ0v) is 10.2. The molecule has 0 bridgehead atoms. The molecular formula is C12H19N3O2. The van der Waals surface area contributed by atoms with Crippen molar-refractivity contribution < 1.29 is 9.90 Å². The second-order valence-electron chi connectivity index (χ2n) is 4.61. The van der Waals surface area contributed by atoms with Crippen LogP contribution in [0.4, 0.5) is 0 Å². The summed E-state index contributed by atoms with van der Waals surface area (Å²) in [4.78, 5) is 18.1. The molecule has 1 N–H and O–H groups in total. The Morgan fingerprint density at radius 2 is 2.35 bits per heavy atom. The molecule has 0 radical (unpaired) electrons. The lowest BCUT2D eigenvalue weighted by Crippen LogP contribution is -2.42. The Labute approximate surface area is 101 Å². The number of nitrogens with zero attached hydrogens (tertiary/aromatic N) is 3. The first-order chi connectivity index (χ1) is 8.22. The SMILES string of the molecule is Cn1cnc(C(=O)N2CCCCCC2CO)c1. The summed E-state index contributed by atoms with van der Waals surface area (Å²) in [6.07, 6.45) is 7.45. The molecule has 94 valence electrons. The Bertz CT molecular complexity index is 389. The van der Waals surface area contributed by atoms with Crippen molar-refractivity contribution in [3.8, 4) is 0 Å². The smallest absolute Gasteiger partial charge is 0.274 e. The number of hydrogen-bond donors (Lipinski definition) is 1. The number of likely N-dealkylation sites (tertiary alicyclic amines) is 1. The first-order valence-corrected chi connectivity index (χ1v) is 6.12. The molecule has 1 unspecified atom stereocenters. The second kappa shape index (κ2) is 5.31. The molecule has 1 aliphatic rings. The summed E-state index contributed by atoms with van der Waals surface area (Å²) in [5.41, 5.74) is 0.466. The van der Waals surface area contributed by atoms with Gasteiger partial charge in [0.2, 0.25) is 0 Å². The van der Waals surface area contributed by atoms with E-state index in [2.05, 4.69) is 4.98 Å². The van der Waals surface area contributed by atoms with Gasteiger partial charge in [0.05, 0.1) is 19.0 Å². The topological polar surface area (TPSA) is 58.4 Å². The van der Waals surface area contributed by atoms with E-state index in [9.17, 15) is 9.90 Å². The van der Waals surface area contributed by atoms with E-state index in [-0.39, 0.29) is 18.6 Å². The van der Waals surface area contributed by atoms with Crippen LogP contribution in [0.1, 0.15) is 36.2 Å². The van der Waals surface area contributed by atoms with Crippen LogP contribution < -0.4 is 0 Å². The molecule has 1 fully saturated rings. The number of rotatable bonds is 2. The number of aryl methyl sites for hydroxylation is 1. The highest BCUT2D eigenvalue weighted by molar-refractivity contribution is 5.92. The fourth-order valence-corrected chi connectivity index (χ4v) is 2.30. The summed E-state index contributed by atoms with van der Waals surface area (Å²) in [5.74, 6) is -0.0634. The number of carbonyl (C=O) groups is 1. The van der Waals surface area contributed by atoms with Crippen LogP contribution in [0.25, 0.3) is 0 Å². The fraction of sp³-hybridized carbons (Fsp3) is 0.667. The Kier molecular flexibility index (Phi) is 3.78. The maximum atomic E-state index is 12.3. The molecule has 0 aliphatic carbocycles. The highest BCUT2D eigenvalue weighted by Crippen LogP contribution is 2.18. The minimum atomic E-state index is -0.0634. The van der Waals surface area contributed by atoms with Crippen LogP contribution >= 0.6 is 0 Å². The normalized spacial score (nSPS) is 21.3. The average Bonchev–Trinajstić information content (AvgIpc) is 2.64. The maximum Gasteiger partial charge on any atom is 0.274 e. The summed E-state index contributed by atoms with van der Waals surface area (Å²) in [6, 6.07) is -0.0491. The van der Waals surface area contributed by atoms with Gasteiger partial charge in [0.1, 0.15) is 5.69 Å². The summed E-state index contributed by atoms with van der Waals surface area (Å²) < 4.78 is 1.76. The summed E-state index contributed by atoms with van der Waals surface area (Å²) >= 11 is 0. The third kappa shape index (κ3) is 2.66. The Morgan fingerprint density at radius 1 is 1.53 bits per heavy atom. The third-order valence-corrected chi connectivity index (χ3v) is 3.27. The molecule has 0 saturated carbocycles. The average molecular weight is 237 g/mol. The van der Waals surface area contributed by atoms with E-state index < -0.39 is 0 Å². The molecule has 1 aromatic heterocycles. The van der Waals surface area contributed by atoms with E-state index in [4.69, 9.17) is 0 Å². The predicted octanol–water partition coefficient (Wildman–Crippen LogP) is 0.797. The van der Waals surface area contributed by atoms with E-state index in [0.717, 1.165) is 32.2 Å². The van der Waals surface area contributed by atoms with Crippen LogP contribution in [-0.2, 0) is 7.05 Å². The lowest BCUT2D eigenvalue weighted by Gasteiger charge is -2.27. The van der Waals surface area contributed by atoms with Gasteiger partial charge >= 0.3 is 0 Å². The van der Waals surface area contributed by atoms with Crippen LogP contribution in [-0.4, -0.2) is 44.7 Å². The van der Waals surface area contributed by atoms with Gasteiger partial charge in [0.25, 0.3) is 5.91 Å². The minimum Gasteiger partial charge on any atom is -0.394 e. The molecule has 2 heterocycles. The van der Waals surface area contributed by atoms with E-state index in [1.807, 2.05) is 7.05 Å². The lowest BCUT2D eigenvalue weighted by molar-refractivity contribution is 0.0594. The zero-order valence-electron chi connectivity index (χ0n) is 10.2. The van der Waals surface area contributed by atoms with Crippen molar-refractivity contribution in [2.75, 3.05) is 13.2 Å². The molecular weight excluding hydrogens is 218 g/mol. The molecule has 17 heavy (non-hydrogen) atoms. The number of aliphatic hydroxyl groups is 1. The van der Waals surface area contributed by atoms with Crippen molar-refractivity contribution in [3.63, 3.8) is 0 Å². The van der Waals surface area contributed by atoms with E-state index in [1.54, 1.807) is 22.0 Å². The standard InChI is InChI=1S/C12H19N3O2/c1-14-7-11(13-9-14)12(17)15-6-4-2-3-5-10(15)8-16/h7,9-10,16H,2-6,8H2,1H3. The zero-order chi connectivity index (χ0) is 12.3. The monoisotopic (exact) mass is 237 g/mol. The molecule has 1 saturated heterocycles. The Balaban J connectivity index is 2.15. The second-order valence-corrected chi connectivity index (χ2v) is 4.61. The highest BCUT2D eigenvalue weighted by Gasteiger charge is 2.26. The molecule has 1 amide bonds. The highest BCUT2D eigenvalue weighted by atomic mass is 16.3. The van der Waals surface area contributed by atoms with Crippen LogP contribution in [0, 0.1) is 0 Å². The number of imidazole rings is 1. The van der Waals surface area contributed by atoms with Crippen molar-refractivity contribution in [1.82, 2.24) is 14.5 Å². The first kappa shape index (κ1) is 12.1. The molecule has 5 nitrogen and oxygen atoms in total. The van der Waals surface area contributed by atoms with Crippen LogP contribution in [0.15, 0.2) is 12.5 Å². The lowest BCUT2D eigenvalue weighted by atomic mass is 10.1. The largest absolute Gasteiger partial charge is 0.394 e. The van der Waals surface area contributed by atoms with Crippen molar-refractivity contribution >= 4 is 5.91 Å². The Hall–Kier alpha value is -1.36. The number of aliphatic hydroxyl groups excluding tert-OH is 1. The number of carbonyl (C=O) groups excluding carboxylic acids is 1. The molecule has 1 aromatic rings. The minimum absolute atomic E-state index is 0.0403. The van der Waals surface area contributed by atoms with E-state index >= 15 is 0 Å². The molecule has 5 heteroatoms. The molecule has 0 spiro atoms. The van der Waals surface area contributed by atoms with Gasteiger partial charge in [-0.25, -0.2) is 4.98 Å². The molecule has 2 rings (SSSR count). The number of hydrogen-bond acceptors (Lipinski definition) is 3. The predicted molar refractivity (Wildman–Crippen MR) is 63.6 cm³/mol. The van der Waals surface area contributed by atoms with Crippen molar-refractivity contribution in [2.45, 2.75) is 31.7 Å². The molecule has 1 atom stereocenters. The van der Waals surface area contributed by atoms with Crippen molar-refractivity contribution in [3.05, 3.63) is 18.2 Å². The maximum absolute atomic E-state index is 12.3. The van der Waals surface area contributed by atoms with Crippen LogP contribution in [0.5, 0.6) is 0 Å². The summed E-state index contributed by atoms with van der Waals surface area (Å²) in [6.45, 7) is 0.763. The van der Waals surface area contributed by atoms with Gasteiger partial charge in [-0.05, 0) is 12.8 Å². The van der Waals surface area contributed by atoms with Crippen LogP contribution in [0.2, 0.25) is 0 Å². The van der Waals surface area contributed by atoms with Crippen LogP contribution in [0.3, 0.4) is 0 Å². The molecule has 1 aliphatic heterocycles. The third-order valence-electron chi connectivity index (χ3n) is 3.27. The van der Waals surface area contributed by atoms with Gasteiger partial charge < -0.3 is 14.6 Å².